The molecular weight excluding hydrogens is 128 g/mol. The van der Waals surface area contributed by atoms with Crippen LogP contribution >= 0.6 is 0 Å². The zero-order chi connectivity index (χ0) is 6.81. The van der Waals surface area contributed by atoms with Gasteiger partial charge < -0.3 is 15.4 Å². The Balaban J connectivity index is 1.75. The minimum absolute atomic E-state index is 0.533. The maximum absolute atomic E-state index is 5.12. The van der Waals surface area contributed by atoms with Gasteiger partial charge in [0.05, 0.1) is 12.7 Å². The Morgan fingerprint density at radius 2 is 2.40 bits per heavy atom. The minimum atomic E-state index is 0.533. The third-order valence-electron chi connectivity index (χ3n) is 1.85. The highest BCUT2D eigenvalue weighted by molar-refractivity contribution is 4.91. The molecule has 0 radical (unpaired) electrons. The van der Waals surface area contributed by atoms with Gasteiger partial charge in [-0.05, 0) is 6.42 Å². The van der Waals surface area contributed by atoms with Crippen LogP contribution in [0.4, 0.5) is 0 Å². The molecule has 2 heterocycles. The summed E-state index contributed by atoms with van der Waals surface area (Å²) in [5, 5.41) is 6.44. The molecule has 0 aliphatic carbocycles. The molecule has 0 saturated carbocycles. The Kier molecular flexibility index (Phi) is 1.51. The van der Waals surface area contributed by atoms with Crippen LogP contribution in [0.5, 0.6) is 0 Å². The van der Waals surface area contributed by atoms with Crippen LogP contribution in [-0.2, 0) is 4.74 Å². The first-order valence-corrected chi connectivity index (χ1v) is 3.71. The molecule has 0 aromatic rings. The van der Waals surface area contributed by atoms with E-state index in [1.54, 1.807) is 0 Å². The fraction of sp³-hybridized carbons (Fsp3) is 0.714. The first-order chi connectivity index (χ1) is 4.95. The van der Waals surface area contributed by atoms with Gasteiger partial charge in [-0.15, -0.1) is 0 Å². The van der Waals surface area contributed by atoms with E-state index in [2.05, 4.69) is 10.6 Å². The zero-order valence-electron chi connectivity index (χ0n) is 5.84. The molecule has 2 atom stereocenters. The van der Waals surface area contributed by atoms with Gasteiger partial charge in [0.2, 0.25) is 0 Å². The summed E-state index contributed by atoms with van der Waals surface area (Å²) in [6.45, 7) is 1.98. The standard InChI is InChI=1S/C7H12N2O/c1-2-9-6(4-8-1)3-7-5-10-7/h1-2,6-9H,3-5H2. The van der Waals surface area contributed by atoms with E-state index in [0.29, 0.717) is 12.1 Å². The number of ether oxygens (including phenoxy) is 1. The van der Waals surface area contributed by atoms with Gasteiger partial charge in [-0.25, -0.2) is 0 Å². The highest BCUT2D eigenvalue weighted by atomic mass is 16.6. The molecule has 56 valence electrons. The summed E-state index contributed by atoms with van der Waals surface area (Å²) in [6.07, 6.45) is 5.56. The van der Waals surface area contributed by atoms with Crippen LogP contribution in [0.3, 0.4) is 0 Å². The normalized spacial score (nSPS) is 36.4. The van der Waals surface area contributed by atoms with Crippen molar-refractivity contribution in [3.05, 3.63) is 12.4 Å². The summed E-state index contributed by atoms with van der Waals surface area (Å²) >= 11 is 0. The molecule has 2 aliphatic heterocycles. The van der Waals surface area contributed by atoms with Crippen LogP contribution in [0, 0.1) is 0 Å². The summed E-state index contributed by atoms with van der Waals surface area (Å²) in [5.74, 6) is 0. The third kappa shape index (κ3) is 1.42. The third-order valence-corrected chi connectivity index (χ3v) is 1.85. The van der Waals surface area contributed by atoms with Crippen molar-refractivity contribution in [2.45, 2.75) is 18.6 Å². The van der Waals surface area contributed by atoms with E-state index in [-0.39, 0.29) is 0 Å². The van der Waals surface area contributed by atoms with Gasteiger partial charge in [0.25, 0.3) is 0 Å². The molecule has 0 bridgehead atoms. The SMILES string of the molecule is C1=CNC(CC2CO2)CN1. The Morgan fingerprint density at radius 1 is 1.50 bits per heavy atom. The van der Waals surface area contributed by atoms with Crippen LogP contribution in [0.2, 0.25) is 0 Å². The number of nitrogens with one attached hydrogen (secondary N) is 2. The van der Waals surface area contributed by atoms with Crippen molar-refractivity contribution in [1.82, 2.24) is 10.6 Å². The van der Waals surface area contributed by atoms with E-state index < -0.39 is 0 Å². The lowest BCUT2D eigenvalue weighted by Gasteiger charge is -2.19. The van der Waals surface area contributed by atoms with E-state index in [0.717, 1.165) is 19.6 Å². The van der Waals surface area contributed by atoms with Gasteiger partial charge in [0.15, 0.2) is 0 Å². The highest BCUT2D eigenvalue weighted by Gasteiger charge is 2.26. The first kappa shape index (κ1) is 6.04. The molecule has 3 heteroatoms. The molecule has 2 unspecified atom stereocenters. The zero-order valence-corrected chi connectivity index (χ0v) is 5.84. The number of epoxide rings is 1. The largest absolute Gasteiger partial charge is 0.388 e. The average Bonchev–Trinajstić information content (AvgIpc) is 2.74. The Bertz CT molecular complexity index is 143. The fourth-order valence-corrected chi connectivity index (χ4v) is 1.19. The van der Waals surface area contributed by atoms with Crippen molar-refractivity contribution >= 4 is 0 Å². The van der Waals surface area contributed by atoms with E-state index in [4.69, 9.17) is 4.74 Å². The molecule has 2 rings (SSSR count). The topological polar surface area (TPSA) is 36.6 Å². The van der Waals surface area contributed by atoms with Crippen molar-refractivity contribution in [3.8, 4) is 0 Å². The summed E-state index contributed by atoms with van der Waals surface area (Å²) in [4.78, 5) is 0. The lowest BCUT2D eigenvalue weighted by molar-refractivity contribution is 0.364. The predicted octanol–water partition coefficient (Wildman–Crippen LogP) is -0.192. The van der Waals surface area contributed by atoms with Crippen LogP contribution in [0.25, 0.3) is 0 Å². The van der Waals surface area contributed by atoms with E-state index >= 15 is 0 Å². The fourth-order valence-electron chi connectivity index (χ4n) is 1.19. The molecule has 1 saturated heterocycles. The van der Waals surface area contributed by atoms with Crippen molar-refractivity contribution in [2.75, 3.05) is 13.2 Å². The van der Waals surface area contributed by atoms with E-state index in [9.17, 15) is 0 Å². The van der Waals surface area contributed by atoms with Gasteiger partial charge >= 0.3 is 0 Å². The number of hydrogen-bond donors (Lipinski definition) is 2. The molecule has 10 heavy (non-hydrogen) atoms. The van der Waals surface area contributed by atoms with Crippen molar-refractivity contribution < 1.29 is 4.74 Å². The average molecular weight is 140 g/mol. The maximum atomic E-state index is 5.12. The molecule has 2 N–H and O–H groups in total. The summed E-state index contributed by atoms with van der Waals surface area (Å²) in [6, 6.07) is 0.567. The highest BCUT2D eigenvalue weighted by Crippen LogP contribution is 2.15. The second-order valence-corrected chi connectivity index (χ2v) is 2.80. The van der Waals surface area contributed by atoms with Crippen LogP contribution in [0.1, 0.15) is 6.42 Å². The van der Waals surface area contributed by atoms with Crippen LogP contribution in [-0.4, -0.2) is 25.3 Å². The van der Waals surface area contributed by atoms with Gasteiger partial charge in [-0.1, -0.05) is 0 Å². The molecule has 0 amide bonds. The summed E-state index contributed by atoms with van der Waals surface area (Å²) in [5.41, 5.74) is 0. The predicted molar refractivity (Wildman–Crippen MR) is 38.4 cm³/mol. The summed E-state index contributed by atoms with van der Waals surface area (Å²) in [7, 11) is 0. The van der Waals surface area contributed by atoms with E-state index in [1.807, 2.05) is 12.4 Å². The van der Waals surface area contributed by atoms with Gasteiger partial charge in [0.1, 0.15) is 0 Å². The molecule has 0 spiro atoms. The van der Waals surface area contributed by atoms with Gasteiger partial charge in [0, 0.05) is 25.0 Å². The molecule has 0 aromatic heterocycles. The smallest absolute Gasteiger partial charge is 0.0830 e. The quantitative estimate of drug-likeness (QED) is 0.522. The molecule has 3 nitrogen and oxygen atoms in total. The van der Waals surface area contributed by atoms with Crippen molar-refractivity contribution in [2.24, 2.45) is 0 Å². The second-order valence-electron chi connectivity index (χ2n) is 2.80. The Hall–Kier alpha value is -0.700. The Labute approximate surface area is 60.4 Å². The Morgan fingerprint density at radius 3 is 3.00 bits per heavy atom. The lowest BCUT2D eigenvalue weighted by Crippen LogP contribution is -2.38. The molecule has 1 fully saturated rings. The van der Waals surface area contributed by atoms with E-state index in [1.165, 1.54) is 0 Å². The van der Waals surface area contributed by atoms with Gasteiger partial charge in [-0.3, -0.25) is 0 Å². The number of hydrogen-bond acceptors (Lipinski definition) is 3. The van der Waals surface area contributed by atoms with Crippen molar-refractivity contribution in [1.29, 1.82) is 0 Å². The second kappa shape index (κ2) is 2.50. The molecular formula is C7H12N2O. The van der Waals surface area contributed by atoms with Crippen LogP contribution in [0.15, 0.2) is 12.4 Å². The summed E-state index contributed by atoms with van der Waals surface area (Å²) < 4.78 is 5.12. The van der Waals surface area contributed by atoms with Crippen LogP contribution < -0.4 is 10.6 Å². The minimum Gasteiger partial charge on any atom is -0.388 e. The molecule has 0 aromatic carbocycles. The lowest BCUT2D eigenvalue weighted by atomic mass is 10.1. The maximum Gasteiger partial charge on any atom is 0.0830 e. The van der Waals surface area contributed by atoms with Crippen molar-refractivity contribution in [3.63, 3.8) is 0 Å². The first-order valence-electron chi connectivity index (χ1n) is 3.71. The molecule has 2 aliphatic rings. The number of rotatable bonds is 2. The van der Waals surface area contributed by atoms with Gasteiger partial charge in [-0.2, -0.15) is 0 Å². The monoisotopic (exact) mass is 140 g/mol.